The Balaban J connectivity index is 2.87. The monoisotopic (exact) mass is 288 g/mol. The Morgan fingerprint density at radius 2 is 1.94 bits per heavy atom. The molecule has 0 radical (unpaired) electrons. The number of aromatic nitrogens is 1. The maximum atomic E-state index is 6.04. The Morgan fingerprint density at radius 1 is 1.28 bits per heavy atom. The van der Waals surface area contributed by atoms with Gasteiger partial charge in [-0.1, -0.05) is 38.3 Å². The van der Waals surface area contributed by atoms with Gasteiger partial charge in [-0.3, -0.25) is 0 Å². The minimum atomic E-state index is 0.427. The van der Waals surface area contributed by atoms with Crippen LogP contribution in [0.5, 0.6) is 0 Å². The van der Waals surface area contributed by atoms with Crippen LogP contribution in [-0.4, -0.2) is 18.1 Å². The second kappa shape index (κ2) is 7.85. The van der Waals surface area contributed by atoms with Gasteiger partial charge in [-0.25, -0.2) is 4.98 Å². The summed E-state index contributed by atoms with van der Waals surface area (Å²) in [5.41, 5.74) is 0.950. The van der Waals surface area contributed by atoms with Crippen LogP contribution in [0.15, 0.2) is 12.3 Å². The van der Waals surface area contributed by atoms with Crippen molar-refractivity contribution in [1.29, 1.82) is 0 Å². The van der Waals surface area contributed by atoms with Crippen LogP contribution in [0, 0.1) is 5.92 Å². The fourth-order valence-electron chi connectivity index (χ4n) is 1.99. The van der Waals surface area contributed by atoms with Crippen molar-refractivity contribution in [3.8, 4) is 0 Å². The van der Waals surface area contributed by atoms with E-state index in [0.29, 0.717) is 16.8 Å². The van der Waals surface area contributed by atoms with Gasteiger partial charge < -0.3 is 4.90 Å². The number of hydrogen-bond donors (Lipinski definition) is 0. The van der Waals surface area contributed by atoms with E-state index in [-0.39, 0.29) is 0 Å². The van der Waals surface area contributed by atoms with Crippen LogP contribution in [-0.2, 0) is 5.88 Å². The lowest BCUT2D eigenvalue weighted by Gasteiger charge is -2.26. The Hall–Kier alpha value is -0.470. The fourth-order valence-corrected chi connectivity index (χ4v) is 2.45. The van der Waals surface area contributed by atoms with Crippen molar-refractivity contribution < 1.29 is 0 Å². The van der Waals surface area contributed by atoms with Gasteiger partial charge in [0.05, 0.1) is 5.02 Å². The van der Waals surface area contributed by atoms with Crippen LogP contribution >= 0.6 is 23.2 Å². The number of nitrogens with zero attached hydrogens (tertiary/aromatic N) is 2. The number of rotatable bonds is 7. The van der Waals surface area contributed by atoms with Gasteiger partial charge in [-0.2, -0.15) is 0 Å². The van der Waals surface area contributed by atoms with Crippen molar-refractivity contribution in [3.05, 3.63) is 22.8 Å². The Morgan fingerprint density at radius 3 is 2.44 bits per heavy atom. The average molecular weight is 289 g/mol. The summed E-state index contributed by atoms with van der Waals surface area (Å²) in [6.07, 6.45) is 4.09. The molecule has 18 heavy (non-hydrogen) atoms. The second-order valence-electron chi connectivity index (χ2n) is 4.49. The van der Waals surface area contributed by atoms with Crippen LogP contribution < -0.4 is 4.90 Å². The molecule has 0 aromatic carbocycles. The lowest BCUT2D eigenvalue weighted by atomic mass is 10.0. The second-order valence-corrected chi connectivity index (χ2v) is 5.16. The molecule has 0 unspecified atom stereocenters. The molecule has 0 amide bonds. The smallest absolute Gasteiger partial charge is 0.128 e. The number of halogens is 2. The van der Waals surface area contributed by atoms with Crippen LogP contribution in [0.4, 0.5) is 5.82 Å². The average Bonchev–Trinajstić information content (AvgIpc) is 2.41. The largest absolute Gasteiger partial charge is 0.357 e. The maximum Gasteiger partial charge on any atom is 0.128 e. The van der Waals surface area contributed by atoms with Crippen LogP contribution in [0.1, 0.15) is 39.2 Å². The van der Waals surface area contributed by atoms with E-state index in [2.05, 4.69) is 30.7 Å². The van der Waals surface area contributed by atoms with Crippen LogP contribution in [0.2, 0.25) is 5.02 Å². The topological polar surface area (TPSA) is 16.1 Å². The summed E-state index contributed by atoms with van der Waals surface area (Å²) in [7, 11) is 0. The van der Waals surface area contributed by atoms with E-state index < -0.39 is 0 Å². The maximum absolute atomic E-state index is 6.04. The van der Waals surface area contributed by atoms with Crippen molar-refractivity contribution >= 4 is 29.0 Å². The first-order valence-corrected chi connectivity index (χ1v) is 7.52. The summed E-state index contributed by atoms with van der Waals surface area (Å²) in [4.78, 5) is 6.71. The minimum absolute atomic E-state index is 0.427. The molecule has 1 aromatic rings. The summed E-state index contributed by atoms with van der Waals surface area (Å²) in [6, 6.07) is 2.00. The van der Waals surface area contributed by atoms with Gasteiger partial charge >= 0.3 is 0 Å². The molecule has 0 fully saturated rings. The van der Waals surface area contributed by atoms with Gasteiger partial charge in [0.15, 0.2) is 0 Å². The van der Waals surface area contributed by atoms with Gasteiger partial charge in [0.25, 0.3) is 0 Å². The van der Waals surface area contributed by atoms with Gasteiger partial charge in [-0.15, -0.1) is 11.6 Å². The van der Waals surface area contributed by atoms with E-state index in [4.69, 9.17) is 23.2 Å². The zero-order valence-corrected chi connectivity index (χ0v) is 12.9. The number of anilines is 1. The predicted molar refractivity (Wildman–Crippen MR) is 80.8 cm³/mol. The van der Waals surface area contributed by atoms with E-state index >= 15 is 0 Å². The first-order chi connectivity index (χ1) is 8.65. The first-order valence-electron chi connectivity index (χ1n) is 6.61. The van der Waals surface area contributed by atoms with Crippen LogP contribution in [0.25, 0.3) is 0 Å². The molecule has 0 spiro atoms. The lowest BCUT2D eigenvalue weighted by Crippen LogP contribution is -2.29. The van der Waals surface area contributed by atoms with Gasteiger partial charge in [0.2, 0.25) is 0 Å². The minimum Gasteiger partial charge on any atom is -0.357 e. The molecule has 102 valence electrons. The molecule has 1 heterocycles. The molecule has 2 nitrogen and oxygen atoms in total. The highest BCUT2D eigenvalue weighted by Crippen LogP contribution is 2.23. The van der Waals surface area contributed by atoms with Crippen molar-refractivity contribution in [2.75, 3.05) is 18.0 Å². The molecule has 0 bridgehead atoms. The Bertz CT molecular complexity index is 365. The number of alkyl halides is 1. The van der Waals surface area contributed by atoms with E-state index in [0.717, 1.165) is 24.5 Å². The quantitative estimate of drug-likeness (QED) is 0.674. The molecule has 0 N–H and O–H groups in total. The zero-order valence-electron chi connectivity index (χ0n) is 11.4. The molecule has 1 aromatic heterocycles. The van der Waals surface area contributed by atoms with Crippen molar-refractivity contribution in [1.82, 2.24) is 4.98 Å². The molecule has 0 aliphatic carbocycles. The SMILES string of the molecule is CCC(CC)CN(CC)c1cc(CCl)c(Cl)cn1. The zero-order chi connectivity index (χ0) is 13.5. The molecule has 0 saturated carbocycles. The highest BCUT2D eigenvalue weighted by atomic mass is 35.5. The molecule has 0 aliphatic heterocycles. The van der Waals surface area contributed by atoms with Crippen LogP contribution in [0.3, 0.4) is 0 Å². The van der Waals surface area contributed by atoms with Gasteiger partial charge in [0, 0.05) is 25.2 Å². The summed E-state index contributed by atoms with van der Waals surface area (Å²) < 4.78 is 0. The summed E-state index contributed by atoms with van der Waals surface area (Å²) >= 11 is 11.9. The van der Waals surface area contributed by atoms with E-state index in [1.807, 2.05) is 6.07 Å². The van der Waals surface area contributed by atoms with Gasteiger partial charge in [-0.05, 0) is 24.5 Å². The molecule has 4 heteroatoms. The normalized spacial score (nSPS) is 11.0. The lowest BCUT2D eigenvalue weighted by molar-refractivity contribution is 0.484. The number of hydrogen-bond acceptors (Lipinski definition) is 2. The molecular weight excluding hydrogens is 267 g/mol. The molecule has 0 atom stereocenters. The summed E-state index contributed by atoms with van der Waals surface area (Å²) in [5, 5.41) is 0.646. The third kappa shape index (κ3) is 4.03. The van der Waals surface area contributed by atoms with Crippen molar-refractivity contribution in [2.24, 2.45) is 5.92 Å². The van der Waals surface area contributed by atoms with E-state index in [9.17, 15) is 0 Å². The Kier molecular flexibility index (Phi) is 6.80. The first kappa shape index (κ1) is 15.6. The molecule has 1 rings (SSSR count). The molecule has 0 saturated heterocycles. The van der Waals surface area contributed by atoms with Crippen molar-refractivity contribution in [2.45, 2.75) is 39.5 Å². The highest BCUT2D eigenvalue weighted by Gasteiger charge is 2.13. The molecular formula is C14H22Cl2N2. The number of pyridine rings is 1. The van der Waals surface area contributed by atoms with Crippen molar-refractivity contribution in [3.63, 3.8) is 0 Å². The van der Waals surface area contributed by atoms with Gasteiger partial charge in [0.1, 0.15) is 5.82 Å². The predicted octanol–water partition coefficient (Wildman–Crippen LogP) is 4.74. The highest BCUT2D eigenvalue weighted by molar-refractivity contribution is 6.32. The fraction of sp³-hybridized carbons (Fsp3) is 0.643. The van der Waals surface area contributed by atoms with E-state index in [1.165, 1.54) is 12.8 Å². The third-order valence-corrected chi connectivity index (χ3v) is 4.03. The third-order valence-electron chi connectivity index (χ3n) is 3.40. The Labute approximate surface area is 120 Å². The standard InChI is InChI=1S/C14H22Cl2N2/c1-4-11(5-2)10-18(6-3)14-7-12(8-15)13(16)9-17-14/h7,9,11H,4-6,8,10H2,1-3H3. The van der Waals surface area contributed by atoms with E-state index in [1.54, 1.807) is 6.20 Å². The molecule has 0 aliphatic rings. The summed E-state index contributed by atoms with van der Waals surface area (Å²) in [6.45, 7) is 8.62. The summed E-state index contributed by atoms with van der Waals surface area (Å²) in [5.74, 6) is 2.11.